The van der Waals surface area contributed by atoms with E-state index in [2.05, 4.69) is 108 Å². The van der Waals surface area contributed by atoms with Crippen LogP contribution in [-0.4, -0.2) is 26.6 Å². The van der Waals surface area contributed by atoms with Crippen molar-refractivity contribution >= 4 is 43.2 Å². The smallest absolute Gasteiger partial charge is 0.164 e. The molecule has 0 spiro atoms. The van der Waals surface area contributed by atoms with Gasteiger partial charge in [0.25, 0.3) is 0 Å². The van der Waals surface area contributed by atoms with Crippen LogP contribution in [0.2, 0.25) is 0 Å². The Morgan fingerprint density at radius 2 is 0.909 bits per heavy atom. The van der Waals surface area contributed by atoms with Gasteiger partial charge >= 0.3 is 0 Å². The minimum atomic E-state index is -0.314. The molecule has 1 aliphatic rings. The minimum Gasteiger partial charge on any atom is -0.344 e. The Morgan fingerprint density at radius 1 is 0.400 bits per heavy atom. The number of nitrogens with one attached hydrogen (secondary N) is 1. The molecule has 2 aromatic heterocycles. The summed E-state index contributed by atoms with van der Waals surface area (Å²) in [6, 6.07) is 62.4. The Hall–Kier alpha value is -7.09. The highest BCUT2D eigenvalue weighted by Crippen LogP contribution is 2.36. The van der Waals surface area contributed by atoms with Crippen LogP contribution in [0.25, 0.3) is 65.5 Å². The Morgan fingerprint density at radius 3 is 1.58 bits per heavy atom. The van der Waals surface area contributed by atoms with E-state index in [1.165, 1.54) is 20.2 Å². The first-order valence-corrected chi connectivity index (χ1v) is 19.0. The van der Waals surface area contributed by atoms with Crippen molar-refractivity contribution in [2.45, 2.75) is 6.17 Å². The van der Waals surface area contributed by atoms with Gasteiger partial charge in [0.2, 0.25) is 0 Å². The normalized spacial score (nSPS) is 14.0. The van der Waals surface area contributed by atoms with Gasteiger partial charge in [-0.2, -0.15) is 0 Å². The predicted octanol–water partition coefficient (Wildman–Crippen LogP) is 11.4. The third kappa shape index (κ3) is 6.47. The average Bonchev–Trinajstić information content (AvgIpc) is 3.65. The van der Waals surface area contributed by atoms with Gasteiger partial charge in [-0.1, -0.05) is 158 Å². The number of hydrogen-bond acceptors (Lipinski definition) is 7. The van der Waals surface area contributed by atoms with E-state index in [0.29, 0.717) is 23.3 Å². The van der Waals surface area contributed by atoms with E-state index >= 15 is 0 Å². The highest BCUT2D eigenvalue weighted by atomic mass is 32.1. The number of aromatic nitrogens is 3. The molecule has 3 heterocycles. The summed E-state index contributed by atoms with van der Waals surface area (Å²) in [5, 5.41) is 6.19. The van der Waals surface area contributed by atoms with E-state index in [1.807, 2.05) is 90.2 Å². The molecule has 9 aromatic rings. The van der Waals surface area contributed by atoms with Gasteiger partial charge in [0.15, 0.2) is 23.3 Å². The summed E-state index contributed by atoms with van der Waals surface area (Å²) < 4.78 is 2.53. The van der Waals surface area contributed by atoms with Gasteiger partial charge in [-0.05, 0) is 41.0 Å². The molecule has 0 fully saturated rings. The highest BCUT2D eigenvalue weighted by molar-refractivity contribution is 7.25. The van der Waals surface area contributed by atoms with Crippen LogP contribution in [0.15, 0.2) is 192 Å². The first-order valence-electron chi connectivity index (χ1n) is 18.2. The largest absolute Gasteiger partial charge is 0.344 e. The maximum atomic E-state index is 5.23. The van der Waals surface area contributed by atoms with Gasteiger partial charge in [-0.25, -0.2) is 24.9 Å². The van der Waals surface area contributed by atoms with Crippen molar-refractivity contribution < 1.29 is 0 Å². The third-order valence-electron chi connectivity index (χ3n) is 9.78. The lowest BCUT2D eigenvalue weighted by Gasteiger charge is -2.24. The highest BCUT2D eigenvalue weighted by Gasteiger charge is 2.22. The molecule has 1 atom stereocenters. The molecule has 10 rings (SSSR count). The zero-order valence-electron chi connectivity index (χ0n) is 29.5. The van der Waals surface area contributed by atoms with Gasteiger partial charge in [0, 0.05) is 48.0 Å². The Kier molecular flexibility index (Phi) is 8.31. The van der Waals surface area contributed by atoms with Crippen LogP contribution in [0.1, 0.15) is 22.9 Å². The molecule has 0 radical (unpaired) electrons. The number of aliphatic imine (C=N–C) groups is 2. The zero-order chi connectivity index (χ0) is 36.6. The molecule has 1 unspecified atom stereocenters. The second-order valence-corrected chi connectivity index (χ2v) is 14.5. The number of amidine groups is 2. The molecule has 260 valence electrons. The minimum absolute atomic E-state index is 0.314. The summed E-state index contributed by atoms with van der Waals surface area (Å²) in [6.45, 7) is 0. The molecular weight excluding hydrogens is 693 g/mol. The molecule has 6 nitrogen and oxygen atoms in total. The van der Waals surface area contributed by atoms with Crippen molar-refractivity contribution in [2.75, 3.05) is 0 Å². The fourth-order valence-corrected chi connectivity index (χ4v) is 8.17. The van der Waals surface area contributed by atoms with Gasteiger partial charge in [-0.15, -0.1) is 11.3 Å². The van der Waals surface area contributed by atoms with E-state index in [0.717, 1.165) is 50.3 Å². The molecule has 55 heavy (non-hydrogen) atoms. The van der Waals surface area contributed by atoms with Crippen LogP contribution in [-0.2, 0) is 0 Å². The van der Waals surface area contributed by atoms with Crippen LogP contribution >= 0.6 is 11.3 Å². The van der Waals surface area contributed by atoms with Crippen molar-refractivity contribution in [1.82, 2.24) is 20.3 Å². The maximum absolute atomic E-state index is 5.23. The third-order valence-corrected chi connectivity index (χ3v) is 10.9. The predicted molar refractivity (Wildman–Crippen MR) is 226 cm³/mol. The van der Waals surface area contributed by atoms with Crippen LogP contribution in [0, 0.1) is 0 Å². The monoisotopic (exact) mass is 724 g/mol. The lowest BCUT2D eigenvalue weighted by molar-refractivity contribution is 0.675. The van der Waals surface area contributed by atoms with Crippen LogP contribution < -0.4 is 5.32 Å². The second-order valence-electron chi connectivity index (χ2n) is 13.4. The molecular formula is C48H32N6S. The summed E-state index contributed by atoms with van der Waals surface area (Å²) in [4.78, 5) is 25.1. The van der Waals surface area contributed by atoms with Crippen molar-refractivity contribution in [3.8, 4) is 45.3 Å². The summed E-state index contributed by atoms with van der Waals surface area (Å²) in [5.74, 6) is 3.35. The SMILES string of the molecule is c1ccc(C2=NC(c3cccc(-c4cccc(-c5nc(-c6ccccc6)nc(-c6ccccc6)n5)c4)c3)=NC(c3ccc4c(c3)sc3ccccc34)N2)cc1. The molecule has 0 amide bonds. The Balaban J connectivity index is 1.04. The number of rotatable bonds is 7. The van der Waals surface area contributed by atoms with Crippen molar-refractivity contribution in [1.29, 1.82) is 0 Å². The number of nitrogens with zero attached hydrogens (tertiary/aromatic N) is 5. The zero-order valence-corrected chi connectivity index (χ0v) is 30.4. The molecule has 0 bridgehead atoms. The van der Waals surface area contributed by atoms with E-state index in [1.54, 1.807) is 0 Å². The lowest BCUT2D eigenvalue weighted by Crippen LogP contribution is -2.33. The number of benzene rings is 7. The summed E-state index contributed by atoms with van der Waals surface area (Å²) in [7, 11) is 0. The summed E-state index contributed by atoms with van der Waals surface area (Å²) in [5.41, 5.74) is 7.89. The van der Waals surface area contributed by atoms with Gasteiger partial charge in [0.05, 0.1) is 0 Å². The van der Waals surface area contributed by atoms with E-state index < -0.39 is 0 Å². The number of hydrogen-bond donors (Lipinski definition) is 1. The van der Waals surface area contributed by atoms with Gasteiger partial charge < -0.3 is 5.32 Å². The number of thiophene rings is 1. The Labute approximate surface area is 322 Å². The van der Waals surface area contributed by atoms with Crippen LogP contribution in [0.5, 0.6) is 0 Å². The van der Waals surface area contributed by atoms with Crippen LogP contribution in [0.4, 0.5) is 0 Å². The van der Waals surface area contributed by atoms with E-state index in [-0.39, 0.29) is 6.17 Å². The molecule has 0 saturated heterocycles. The summed E-state index contributed by atoms with van der Waals surface area (Å²) in [6.07, 6.45) is -0.314. The number of fused-ring (bicyclic) bond motifs is 3. The lowest BCUT2D eigenvalue weighted by atomic mass is 10.00. The molecule has 0 saturated carbocycles. The first-order chi connectivity index (χ1) is 27.2. The topological polar surface area (TPSA) is 75.4 Å². The molecule has 7 aromatic carbocycles. The standard InChI is InChI=1S/C48H32N6S/c1-4-14-31(15-5-1)43-49-44(32-16-6-2-7-17-32)51-46(50-43)36-22-12-20-34(28-36)35-21-13-23-37(29-35)47-52-45(33-18-8-3-9-19-33)53-48(54-47)38-26-27-40-39-24-10-11-25-41(39)55-42(40)30-38/h1-30,48H,(H,52,53,54). The maximum Gasteiger partial charge on any atom is 0.164 e. The van der Waals surface area contributed by atoms with Crippen molar-refractivity contribution in [3.05, 3.63) is 199 Å². The fourth-order valence-electron chi connectivity index (χ4n) is 7.02. The van der Waals surface area contributed by atoms with Crippen LogP contribution in [0.3, 0.4) is 0 Å². The molecule has 7 heteroatoms. The average molecular weight is 725 g/mol. The molecule has 1 N–H and O–H groups in total. The van der Waals surface area contributed by atoms with E-state index in [4.69, 9.17) is 24.9 Å². The van der Waals surface area contributed by atoms with Crippen molar-refractivity contribution in [2.24, 2.45) is 9.98 Å². The second kappa shape index (κ2) is 14.0. The molecule has 1 aliphatic heterocycles. The quantitative estimate of drug-likeness (QED) is 0.178. The molecule has 0 aliphatic carbocycles. The van der Waals surface area contributed by atoms with E-state index in [9.17, 15) is 0 Å². The first kappa shape index (κ1) is 32.6. The summed E-state index contributed by atoms with van der Waals surface area (Å²) >= 11 is 1.81. The fraction of sp³-hybridized carbons (Fsp3) is 0.0208. The van der Waals surface area contributed by atoms with Gasteiger partial charge in [0.1, 0.15) is 12.0 Å². The van der Waals surface area contributed by atoms with Crippen molar-refractivity contribution in [3.63, 3.8) is 0 Å². The Bertz CT molecular complexity index is 2840. The van der Waals surface area contributed by atoms with Gasteiger partial charge in [-0.3, -0.25) is 0 Å².